The van der Waals surface area contributed by atoms with E-state index in [0.717, 1.165) is 23.2 Å². The molecule has 1 N–H and O–H groups in total. The molecule has 0 unspecified atom stereocenters. The van der Waals surface area contributed by atoms with Crippen molar-refractivity contribution in [1.29, 1.82) is 0 Å². The van der Waals surface area contributed by atoms with Crippen LogP contribution in [0.5, 0.6) is 0 Å². The zero-order chi connectivity index (χ0) is 15.5. The molecule has 1 saturated heterocycles. The Morgan fingerprint density at radius 2 is 2.05 bits per heavy atom. The van der Waals surface area contributed by atoms with Gasteiger partial charge in [0.2, 0.25) is 0 Å². The molecule has 1 fully saturated rings. The van der Waals surface area contributed by atoms with Gasteiger partial charge in [0, 0.05) is 30.1 Å². The lowest BCUT2D eigenvalue weighted by Gasteiger charge is -2.24. The van der Waals surface area contributed by atoms with Crippen LogP contribution < -0.4 is 10.2 Å². The van der Waals surface area contributed by atoms with E-state index in [0.29, 0.717) is 24.8 Å². The van der Waals surface area contributed by atoms with E-state index < -0.39 is 9.84 Å². The predicted octanol–water partition coefficient (Wildman–Crippen LogP) is 2.57. The van der Waals surface area contributed by atoms with Gasteiger partial charge >= 0.3 is 0 Å². The Balaban J connectivity index is 2.09. The molecule has 0 aromatic heterocycles. The van der Waals surface area contributed by atoms with Crippen LogP contribution in [0.15, 0.2) is 22.7 Å². The van der Waals surface area contributed by atoms with Crippen molar-refractivity contribution in [2.45, 2.75) is 32.9 Å². The summed E-state index contributed by atoms with van der Waals surface area (Å²) in [6, 6.07) is 6.76. The van der Waals surface area contributed by atoms with Gasteiger partial charge in [0.25, 0.3) is 0 Å². The van der Waals surface area contributed by atoms with E-state index in [1.807, 2.05) is 0 Å². The highest BCUT2D eigenvalue weighted by atomic mass is 79.9. The van der Waals surface area contributed by atoms with Crippen LogP contribution in [-0.2, 0) is 16.4 Å². The van der Waals surface area contributed by atoms with Crippen LogP contribution in [-0.4, -0.2) is 39.1 Å². The highest BCUT2D eigenvalue weighted by Gasteiger charge is 2.20. The highest BCUT2D eigenvalue weighted by molar-refractivity contribution is 9.10. The first-order chi connectivity index (χ1) is 9.87. The Bertz CT molecular complexity index is 587. The molecule has 0 aliphatic carbocycles. The molecule has 0 atom stereocenters. The van der Waals surface area contributed by atoms with Gasteiger partial charge in [-0.1, -0.05) is 19.9 Å². The van der Waals surface area contributed by atoms with Crippen molar-refractivity contribution in [3.05, 3.63) is 28.2 Å². The summed E-state index contributed by atoms with van der Waals surface area (Å²) >= 11 is 3.62. The molecule has 1 heterocycles. The Morgan fingerprint density at radius 1 is 1.29 bits per heavy atom. The number of hydrogen-bond donors (Lipinski definition) is 1. The van der Waals surface area contributed by atoms with E-state index in [2.05, 4.69) is 58.2 Å². The third-order valence-corrected chi connectivity index (χ3v) is 5.97. The largest absolute Gasteiger partial charge is 0.370 e. The molecule has 0 saturated carbocycles. The number of hydrogen-bond acceptors (Lipinski definition) is 4. The number of nitrogens with zero attached hydrogens (tertiary/aromatic N) is 1. The SMILES string of the molecule is CC(C)NCc1ccc(N2CCCS(=O)(=O)CC2)c(Br)c1. The molecular weight excluding hydrogens is 352 g/mol. The van der Waals surface area contributed by atoms with Crippen LogP contribution in [0.25, 0.3) is 0 Å². The van der Waals surface area contributed by atoms with Crippen molar-refractivity contribution in [2.75, 3.05) is 29.5 Å². The fourth-order valence-electron chi connectivity index (χ4n) is 2.42. The second-order valence-electron chi connectivity index (χ2n) is 5.81. The second-order valence-corrected chi connectivity index (χ2v) is 8.97. The summed E-state index contributed by atoms with van der Waals surface area (Å²) in [6.45, 7) is 6.46. The van der Waals surface area contributed by atoms with Crippen molar-refractivity contribution >= 4 is 31.5 Å². The van der Waals surface area contributed by atoms with Crippen LogP contribution >= 0.6 is 15.9 Å². The molecular formula is C15H23BrN2O2S. The first-order valence-electron chi connectivity index (χ1n) is 7.34. The van der Waals surface area contributed by atoms with Crippen molar-refractivity contribution < 1.29 is 8.42 Å². The van der Waals surface area contributed by atoms with Crippen molar-refractivity contribution in [1.82, 2.24) is 5.32 Å². The van der Waals surface area contributed by atoms with Gasteiger partial charge in [-0.05, 0) is 40.0 Å². The lowest BCUT2D eigenvalue weighted by molar-refractivity contribution is 0.588. The number of benzene rings is 1. The van der Waals surface area contributed by atoms with Gasteiger partial charge < -0.3 is 10.2 Å². The molecule has 1 aliphatic rings. The lowest BCUT2D eigenvalue weighted by atomic mass is 10.2. The average molecular weight is 375 g/mol. The average Bonchev–Trinajstić information content (AvgIpc) is 2.58. The van der Waals surface area contributed by atoms with Crippen molar-refractivity contribution in [2.24, 2.45) is 0 Å². The topological polar surface area (TPSA) is 49.4 Å². The number of anilines is 1. The Kier molecular flexibility index (Phi) is 5.68. The number of sulfone groups is 1. The van der Waals surface area contributed by atoms with E-state index in [4.69, 9.17) is 0 Å². The van der Waals surface area contributed by atoms with Gasteiger partial charge in [0.1, 0.15) is 0 Å². The van der Waals surface area contributed by atoms with Crippen molar-refractivity contribution in [3.63, 3.8) is 0 Å². The molecule has 0 radical (unpaired) electrons. The molecule has 0 amide bonds. The molecule has 1 aliphatic heterocycles. The standard InChI is InChI=1S/C15H23BrN2O2S/c1-12(2)17-11-13-4-5-15(14(16)10-13)18-6-3-8-21(19,20)9-7-18/h4-5,10,12,17H,3,6-9,11H2,1-2H3. The second kappa shape index (κ2) is 7.11. The molecule has 4 nitrogen and oxygen atoms in total. The maximum absolute atomic E-state index is 11.7. The summed E-state index contributed by atoms with van der Waals surface area (Å²) in [5, 5.41) is 3.40. The maximum atomic E-state index is 11.7. The maximum Gasteiger partial charge on any atom is 0.152 e. The van der Waals surface area contributed by atoms with Crippen LogP contribution in [0.4, 0.5) is 5.69 Å². The predicted molar refractivity (Wildman–Crippen MR) is 91.6 cm³/mol. The monoisotopic (exact) mass is 374 g/mol. The molecule has 1 aromatic rings. The van der Waals surface area contributed by atoms with E-state index in [1.54, 1.807) is 0 Å². The summed E-state index contributed by atoms with van der Waals surface area (Å²) in [4.78, 5) is 2.16. The molecule has 21 heavy (non-hydrogen) atoms. The molecule has 118 valence electrons. The first kappa shape index (κ1) is 16.8. The summed E-state index contributed by atoms with van der Waals surface area (Å²) in [5.74, 6) is 0.549. The van der Waals surface area contributed by atoms with Gasteiger partial charge in [-0.25, -0.2) is 8.42 Å². The van der Waals surface area contributed by atoms with E-state index in [9.17, 15) is 8.42 Å². The third kappa shape index (κ3) is 4.97. The Labute approximate surface area is 136 Å². The Hall–Kier alpha value is -0.590. The smallest absolute Gasteiger partial charge is 0.152 e. The van der Waals surface area contributed by atoms with Crippen molar-refractivity contribution in [3.8, 4) is 0 Å². The minimum Gasteiger partial charge on any atom is -0.370 e. The molecule has 1 aromatic carbocycles. The molecule has 2 rings (SSSR count). The lowest BCUT2D eigenvalue weighted by Crippen LogP contribution is -2.27. The number of rotatable bonds is 4. The van der Waals surface area contributed by atoms with Gasteiger partial charge in [-0.15, -0.1) is 0 Å². The number of nitrogens with one attached hydrogen (secondary N) is 1. The summed E-state index contributed by atoms with van der Waals surface area (Å²) in [5.41, 5.74) is 2.31. The zero-order valence-electron chi connectivity index (χ0n) is 12.6. The van der Waals surface area contributed by atoms with Crippen LogP contribution in [0, 0.1) is 0 Å². The molecule has 0 spiro atoms. The molecule has 0 bridgehead atoms. The first-order valence-corrected chi connectivity index (χ1v) is 9.96. The van der Waals surface area contributed by atoms with Gasteiger partial charge in [0.15, 0.2) is 9.84 Å². The zero-order valence-corrected chi connectivity index (χ0v) is 15.0. The van der Waals surface area contributed by atoms with E-state index in [-0.39, 0.29) is 5.75 Å². The number of halogens is 1. The van der Waals surface area contributed by atoms with E-state index in [1.165, 1.54) is 5.56 Å². The third-order valence-electron chi connectivity index (χ3n) is 3.62. The van der Waals surface area contributed by atoms with E-state index >= 15 is 0 Å². The summed E-state index contributed by atoms with van der Waals surface area (Å²) < 4.78 is 24.4. The Morgan fingerprint density at radius 3 is 2.71 bits per heavy atom. The molecule has 6 heteroatoms. The van der Waals surface area contributed by atoms with Crippen LogP contribution in [0.1, 0.15) is 25.8 Å². The highest BCUT2D eigenvalue weighted by Crippen LogP contribution is 2.28. The van der Waals surface area contributed by atoms with Gasteiger partial charge in [-0.2, -0.15) is 0 Å². The van der Waals surface area contributed by atoms with Gasteiger partial charge in [-0.3, -0.25) is 0 Å². The fourth-order valence-corrected chi connectivity index (χ4v) is 4.37. The normalized spacial score (nSPS) is 18.8. The summed E-state index contributed by atoms with van der Waals surface area (Å²) in [6.07, 6.45) is 0.700. The van der Waals surface area contributed by atoms with Gasteiger partial charge in [0.05, 0.1) is 17.2 Å². The fraction of sp³-hybridized carbons (Fsp3) is 0.600. The quantitative estimate of drug-likeness (QED) is 0.879. The van der Waals surface area contributed by atoms with Crippen LogP contribution in [0.2, 0.25) is 0 Å². The van der Waals surface area contributed by atoms with Crippen LogP contribution in [0.3, 0.4) is 0 Å². The minimum absolute atomic E-state index is 0.246. The summed E-state index contributed by atoms with van der Waals surface area (Å²) in [7, 11) is -2.87. The minimum atomic E-state index is -2.87.